The number of aromatic nitrogens is 1. The van der Waals surface area contributed by atoms with Gasteiger partial charge < -0.3 is 14.6 Å². The number of hydrogen-bond donors (Lipinski definition) is 1. The number of esters is 1. The number of amides is 1. The number of likely N-dealkylation sites (tertiary alicyclic amines) is 1. The maximum Gasteiger partial charge on any atom is 0.309 e. The van der Waals surface area contributed by atoms with E-state index in [0.29, 0.717) is 38.2 Å². The Balaban J connectivity index is 1.62. The number of aromatic amines is 1. The number of nitrogens with zero attached hydrogens (tertiary/aromatic N) is 1. The normalized spacial score (nSPS) is 16.3. The van der Waals surface area contributed by atoms with Crippen molar-refractivity contribution in [2.75, 3.05) is 19.7 Å². The number of thiophene rings is 1. The Hall–Kier alpha value is -1.82. The number of ether oxygens (including phenoxy) is 1. The van der Waals surface area contributed by atoms with E-state index in [4.69, 9.17) is 4.74 Å². The molecule has 0 aliphatic carbocycles. The number of nitrogens with one attached hydrogen (secondary N) is 1. The van der Waals surface area contributed by atoms with Crippen molar-refractivity contribution in [3.63, 3.8) is 0 Å². The lowest BCUT2D eigenvalue weighted by Crippen LogP contribution is -2.40. The first-order valence-electron chi connectivity index (χ1n) is 7.21. The fraction of sp³-hybridized carbons (Fsp3) is 0.467. The van der Waals surface area contributed by atoms with Crippen LogP contribution in [0.5, 0.6) is 0 Å². The Morgan fingerprint density at radius 1 is 1.43 bits per heavy atom. The third-order valence-corrected chi connectivity index (χ3v) is 4.74. The molecule has 5 nitrogen and oxygen atoms in total. The minimum absolute atomic E-state index is 0.0145. The SMILES string of the molecule is CCOC(=O)C1CCN(C(=O)c2cc3sccc3[nH]2)CC1. The minimum Gasteiger partial charge on any atom is -0.466 e. The summed E-state index contributed by atoms with van der Waals surface area (Å²) in [4.78, 5) is 29.1. The second kappa shape index (κ2) is 5.89. The van der Waals surface area contributed by atoms with Gasteiger partial charge in [0, 0.05) is 13.1 Å². The summed E-state index contributed by atoms with van der Waals surface area (Å²) in [6.45, 7) is 3.44. The molecule has 2 aromatic heterocycles. The Kier molecular flexibility index (Phi) is 3.96. The van der Waals surface area contributed by atoms with Crippen molar-refractivity contribution in [1.82, 2.24) is 9.88 Å². The monoisotopic (exact) mass is 306 g/mol. The molecule has 0 radical (unpaired) electrons. The standard InChI is InChI=1S/C15H18N2O3S/c1-2-20-15(19)10-3-6-17(7-4-10)14(18)12-9-13-11(16-12)5-8-21-13/h5,8-10,16H,2-4,6-7H2,1H3. The lowest BCUT2D eigenvalue weighted by Gasteiger charge is -2.30. The van der Waals surface area contributed by atoms with Crippen LogP contribution in [0.15, 0.2) is 17.5 Å². The molecular formula is C15H18N2O3S. The van der Waals surface area contributed by atoms with Gasteiger partial charge in [0.25, 0.3) is 5.91 Å². The summed E-state index contributed by atoms with van der Waals surface area (Å²) in [6.07, 6.45) is 1.36. The third-order valence-electron chi connectivity index (χ3n) is 3.87. The largest absolute Gasteiger partial charge is 0.466 e. The second-order valence-corrected chi connectivity index (χ2v) is 6.15. The number of H-pyrrole nitrogens is 1. The molecule has 112 valence electrons. The summed E-state index contributed by atoms with van der Waals surface area (Å²) in [6, 6.07) is 3.88. The van der Waals surface area contributed by atoms with Gasteiger partial charge in [0.05, 0.1) is 22.7 Å². The van der Waals surface area contributed by atoms with Crippen LogP contribution in [0.1, 0.15) is 30.3 Å². The highest BCUT2D eigenvalue weighted by atomic mass is 32.1. The Morgan fingerprint density at radius 3 is 2.86 bits per heavy atom. The molecular weight excluding hydrogens is 288 g/mol. The Morgan fingerprint density at radius 2 is 2.19 bits per heavy atom. The van der Waals surface area contributed by atoms with Crippen LogP contribution < -0.4 is 0 Å². The van der Waals surface area contributed by atoms with Crippen molar-refractivity contribution >= 4 is 33.4 Å². The molecule has 2 aromatic rings. The van der Waals surface area contributed by atoms with Gasteiger partial charge >= 0.3 is 5.97 Å². The van der Waals surface area contributed by atoms with E-state index >= 15 is 0 Å². The summed E-state index contributed by atoms with van der Waals surface area (Å²) in [5.74, 6) is -0.188. The molecule has 0 saturated carbocycles. The fourth-order valence-corrected chi connectivity index (χ4v) is 3.49. The first kappa shape index (κ1) is 14.1. The number of hydrogen-bond acceptors (Lipinski definition) is 4. The van der Waals surface area contributed by atoms with Crippen LogP contribution in [0.3, 0.4) is 0 Å². The van der Waals surface area contributed by atoms with Crippen LogP contribution in [0.2, 0.25) is 0 Å². The van der Waals surface area contributed by atoms with Crippen molar-refractivity contribution in [3.05, 3.63) is 23.2 Å². The summed E-state index contributed by atoms with van der Waals surface area (Å²) in [7, 11) is 0. The van der Waals surface area contributed by atoms with E-state index in [2.05, 4.69) is 4.98 Å². The van der Waals surface area contributed by atoms with Crippen LogP contribution in [-0.4, -0.2) is 41.5 Å². The molecule has 1 fully saturated rings. The zero-order chi connectivity index (χ0) is 14.8. The summed E-state index contributed by atoms with van der Waals surface area (Å²) >= 11 is 1.62. The number of rotatable bonds is 3. The number of carbonyl (C=O) groups excluding carboxylic acids is 2. The Labute approximate surface area is 126 Å². The number of fused-ring (bicyclic) bond motifs is 1. The van der Waals surface area contributed by atoms with Crippen molar-refractivity contribution in [2.24, 2.45) is 5.92 Å². The average Bonchev–Trinajstić information content (AvgIpc) is 3.08. The van der Waals surface area contributed by atoms with E-state index in [9.17, 15) is 9.59 Å². The molecule has 1 aliphatic rings. The molecule has 3 heterocycles. The zero-order valence-electron chi connectivity index (χ0n) is 11.9. The summed E-state index contributed by atoms with van der Waals surface area (Å²) in [5.41, 5.74) is 1.64. The molecule has 3 rings (SSSR count). The molecule has 1 amide bonds. The van der Waals surface area contributed by atoms with Gasteiger partial charge in [-0.15, -0.1) is 11.3 Å². The predicted molar refractivity (Wildman–Crippen MR) is 81.4 cm³/mol. The highest BCUT2D eigenvalue weighted by molar-refractivity contribution is 7.17. The predicted octanol–water partition coefficient (Wildman–Crippen LogP) is 2.64. The third kappa shape index (κ3) is 2.81. The molecule has 1 saturated heterocycles. The van der Waals surface area contributed by atoms with Gasteiger partial charge in [-0.2, -0.15) is 0 Å². The van der Waals surface area contributed by atoms with E-state index in [-0.39, 0.29) is 17.8 Å². The van der Waals surface area contributed by atoms with Gasteiger partial charge in [-0.1, -0.05) is 0 Å². The van der Waals surface area contributed by atoms with Gasteiger partial charge in [-0.3, -0.25) is 9.59 Å². The van der Waals surface area contributed by atoms with E-state index in [1.165, 1.54) is 0 Å². The molecule has 0 unspecified atom stereocenters. The Bertz CT molecular complexity index is 624. The molecule has 1 N–H and O–H groups in total. The van der Waals surface area contributed by atoms with Gasteiger partial charge in [-0.25, -0.2) is 0 Å². The summed E-state index contributed by atoms with van der Waals surface area (Å²) in [5, 5.41) is 2.00. The van der Waals surface area contributed by atoms with Gasteiger partial charge in [-0.05, 0) is 37.3 Å². The molecule has 0 bridgehead atoms. The number of carbonyl (C=O) groups is 2. The van der Waals surface area contributed by atoms with Crippen LogP contribution >= 0.6 is 11.3 Å². The minimum atomic E-state index is -0.134. The van der Waals surface area contributed by atoms with E-state index < -0.39 is 0 Å². The van der Waals surface area contributed by atoms with E-state index in [1.807, 2.05) is 29.3 Å². The molecule has 6 heteroatoms. The quantitative estimate of drug-likeness (QED) is 0.887. The molecule has 0 spiro atoms. The van der Waals surface area contributed by atoms with Crippen molar-refractivity contribution in [1.29, 1.82) is 0 Å². The van der Waals surface area contributed by atoms with E-state index in [0.717, 1.165) is 10.2 Å². The number of piperidine rings is 1. The molecule has 21 heavy (non-hydrogen) atoms. The van der Waals surface area contributed by atoms with Crippen LogP contribution in [0.4, 0.5) is 0 Å². The zero-order valence-corrected chi connectivity index (χ0v) is 12.7. The first-order chi connectivity index (χ1) is 10.2. The maximum atomic E-state index is 12.5. The molecule has 0 atom stereocenters. The van der Waals surface area contributed by atoms with Crippen LogP contribution in [0, 0.1) is 5.92 Å². The van der Waals surface area contributed by atoms with Gasteiger partial charge in [0.1, 0.15) is 5.69 Å². The first-order valence-corrected chi connectivity index (χ1v) is 8.09. The highest BCUT2D eigenvalue weighted by Gasteiger charge is 2.29. The average molecular weight is 306 g/mol. The lowest BCUT2D eigenvalue weighted by atomic mass is 9.97. The fourth-order valence-electron chi connectivity index (χ4n) is 2.71. The summed E-state index contributed by atoms with van der Waals surface area (Å²) < 4.78 is 6.14. The van der Waals surface area contributed by atoms with Gasteiger partial charge in [0.15, 0.2) is 0 Å². The van der Waals surface area contributed by atoms with E-state index in [1.54, 1.807) is 11.3 Å². The van der Waals surface area contributed by atoms with Crippen molar-refractivity contribution in [3.8, 4) is 0 Å². The topological polar surface area (TPSA) is 62.4 Å². The van der Waals surface area contributed by atoms with Crippen LogP contribution in [0.25, 0.3) is 10.2 Å². The van der Waals surface area contributed by atoms with Crippen LogP contribution in [-0.2, 0) is 9.53 Å². The molecule has 0 aromatic carbocycles. The second-order valence-electron chi connectivity index (χ2n) is 5.20. The smallest absolute Gasteiger partial charge is 0.309 e. The lowest BCUT2D eigenvalue weighted by molar-refractivity contribution is -0.149. The maximum absolute atomic E-state index is 12.5. The van der Waals surface area contributed by atoms with Gasteiger partial charge in [0.2, 0.25) is 0 Å². The van der Waals surface area contributed by atoms with Crippen molar-refractivity contribution < 1.29 is 14.3 Å². The molecule has 1 aliphatic heterocycles. The van der Waals surface area contributed by atoms with Crippen molar-refractivity contribution in [2.45, 2.75) is 19.8 Å². The highest BCUT2D eigenvalue weighted by Crippen LogP contribution is 2.24.